The molecular weight excluding hydrogens is 489 g/mol. The van der Waals surface area contributed by atoms with Crippen molar-refractivity contribution in [1.82, 2.24) is 15.0 Å². The standard InChI is InChI=1S/C22H26IN7/c1-3-4-9-17(2)15-24-20-26-21(28-22(27-20)30-12-6-5-7-13-30)29-25-16-18-10-8-11-19(23)14-18/h3-4,8-11,14,16H,1-2,5-7,12-13,15H2,(H2,24,26,27,28,29)/b9-4-,25-16+. The lowest BCUT2D eigenvalue weighted by Crippen LogP contribution is -2.31. The predicted octanol–water partition coefficient (Wildman–Crippen LogP) is 4.62. The maximum atomic E-state index is 4.60. The summed E-state index contributed by atoms with van der Waals surface area (Å²) >= 11 is 2.28. The zero-order valence-electron chi connectivity index (χ0n) is 16.9. The Balaban J connectivity index is 1.75. The first-order valence-electron chi connectivity index (χ1n) is 9.90. The molecule has 0 radical (unpaired) electrons. The SMILES string of the molecule is C=C/C=C\C(=C)CNc1nc(N/N=C/c2cccc(I)c2)nc(N2CCCCC2)n1. The van der Waals surface area contributed by atoms with E-state index in [2.05, 4.69) is 71.4 Å². The summed E-state index contributed by atoms with van der Waals surface area (Å²) in [7, 11) is 0. The summed E-state index contributed by atoms with van der Waals surface area (Å²) in [6.45, 7) is 10.1. The summed E-state index contributed by atoms with van der Waals surface area (Å²) in [5, 5.41) is 7.52. The van der Waals surface area contributed by atoms with Gasteiger partial charge in [0.05, 0.1) is 6.21 Å². The number of hydrazone groups is 1. The van der Waals surface area contributed by atoms with Gasteiger partial charge in [-0.3, -0.25) is 0 Å². The fraction of sp³-hybridized carbons (Fsp3) is 0.273. The van der Waals surface area contributed by atoms with Gasteiger partial charge in [-0.25, -0.2) is 5.43 Å². The van der Waals surface area contributed by atoms with Crippen LogP contribution in [0.2, 0.25) is 0 Å². The topological polar surface area (TPSA) is 78.3 Å². The molecule has 2 heterocycles. The molecule has 1 aromatic heterocycles. The molecule has 8 heteroatoms. The number of piperidine rings is 1. The van der Waals surface area contributed by atoms with Gasteiger partial charge in [-0.15, -0.1) is 0 Å². The first kappa shape index (κ1) is 21.9. The van der Waals surface area contributed by atoms with E-state index in [9.17, 15) is 0 Å². The molecule has 0 saturated carbocycles. The minimum absolute atomic E-state index is 0.405. The molecule has 0 unspecified atom stereocenters. The number of nitrogens with one attached hydrogen (secondary N) is 2. The maximum Gasteiger partial charge on any atom is 0.250 e. The number of hydrogen-bond donors (Lipinski definition) is 2. The van der Waals surface area contributed by atoms with Gasteiger partial charge in [-0.1, -0.05) is 43.5 Å². The van der Waals surface area contributed by atoms with Crippen LogP contribution in [-0.2, 0) is 0 Å². The highest BCUT2D eigenvalue weighted by atomic mass is 127. The number of allylic oxidation sites excluding steroid dienone is 2. The average Bonchev–Trinajstić information content (AvgIpc) is 2.77. The Bertz CT molecular complexity index is 933. The highest BCUT2D eigenvalue weighted by Crippen LogP contribution is 2.18. The number of rotatable bonds is 9. The number of hydrogen-bond acceptors (Lipinski definition) is 7. The second kappa shape index (κ2) is 11.4. The largest absolute Gasteiger partial charge is 0.350 e. The van der Waals surface area contributed by atoms with Crippen LogP contribution in [0.25, 0.3) is 0 Å². The van der Waals surface area contributed by atoms with Crippen molar-refractivity contribution < 1.29 is 0 Å². The van der Waals surface area contributed by atoms with Gasteiger partial charge in [0.2, 0.25) is 17.8 Å². The second-order valence-corrected chi connectivity index (χ2v) is 8.11. The van der Waals surface area contributed by atoms with E-state index >= 15 is 0 Å². The molecule has 30 heavy (non-hydrogen) atoms. The van der Waals surface area contributed by atoms with Crippen LogP contribution in [0, 0.1) is 3.57 Å². The van der Waals surface area contributed by atoms with Crippen LogP contribution in [0.15, 0.2) is 66.3 Å². The Morgan fingerprint density at radius 1 is 1.17 bits per heavy atom. The van der Waals surface area contributed by atoms with Crippen molar-refractivity contribution in [3.05, 3.63) is 70.4 Å². The molecule has 156 valence electrons. The number of anilines is 3. The Morgan fingerprint density at radius 2 is 1.97 bits per heavy atom. The highest BCUT2D eigenvalue weighted by molar-refractivity contribution is 14.1. The minimum Gasteiger partial charge on any atom is -0.350 e. The van der Waals surface area contributed by atoms with E-state index in [1.807, 2.05) is 36.4 Å². The van der Waals surface area contributed by atoms with E-state index in [1.165, 1.54) is 6.42 Å². The lowest BCUT2D eigenvalue weighted by atomic mass is 10.1. The Hall–Kier alpha value is -2.75. The average molecular weight is 515 g/mol. The second-order valence-electron chi connectivity index (χ2n) is 6.86. The highest BCUT2D eigenvalue weighted by Gasteiger charge is 2.16. The Morgan fingerprint density at radius 3 is 2.73 bits per heavy atom. The molecule has 0 spiro atoms. The molecule has 1 aliphatic heterocycles. The monoisotopic (exact) mass is 515 g/mol. The Labute approximate surface area is 191 Å². The molecule has 0 bridgehead atoms. The minimum atomic E-state index is 0.405. The van der Waals surface area contributed by atoms with E-state index in [0.717, 1.165) is 40.6 Å². The van der Waals surface area contributed by atoms with Crippen molar-refractivity contribution in [2.45, 2.75) is 19.3 Å². The van der Waals surface area contributed by atoms with Crippen LogP contribution in [0.3, 0.4) is 0 Å². The lowest BCUT2D eigenvalue weighted by Gasteiger charge is -2.26. The molecule has 0 aliphatic carbocycles. The van der Waals surface area contributed by atoms with Gasteiger partial charge in [-0.05, 0) is 65.1 Å². The number of aromatic nitrogens is 3. The van der Waals surface area contributed by atoms with E-state index < -0.39 is 0 Å². The third-order valence-electron chi connectivity index (χ3n) is 4.43. The van der Waals surface area contributed by atoms with Gasteiger partial charge < -0.3 is 10.2 Å². The first-order valence-corrected chi connectivity index (χ1v) is 11.0. The molecule has 0 atom stereocenters. The van der Waals surface area contributed by atoms with Crippen molar-refractivity contribution in [2.24, 2.45) is 5.10 Å². The fourth-order valence-corrected chi connectivity index (χ4v) is 3.50. The lowest BCUT2D eigenvalue weighted by molar-refractivity contribution is 0.568. The van der Waals surface area contributed by atoms with Crippen LogP contribution < -0.4 is 15.6 Å². The molecule has 2 aromatic rings. The van der Waals surface area contributed by atoms with Crippen LogP contribution in [0.4, 0.5) is 17.8 Å². The van der Waals surface area contributed by atoms with Crippen molar-refractivity contribution in [2.75, 3.05) is 35.3 Å². The number of nitrogens with zero attached hydrogens (tertiary/aromatic N) is 5. The van der Waals surface area contributed by atoms with Crippen LogP contribution in [-0.4, -0.2) is 40.8 Å². The summed E-state index contributed by atoms with van der Waals surface area (Å²) in [5.41, 5.74) is 4.85. The summed E-state index contributed by atoms with van der Waals surface area (Å²) in [4.78, 5) is 15.8. The summed E-state index contributed by atoms with van der Waals surface area (Å²) in [6.07, 6.45) is 10.8. The fourth-order valence-electron chi connectivity index (χ4n) is 2.94. The van der Waals surface area contributed by atoms with Crippen molar-refractivity contribution >= 4 is 46.7 Å². The van der Waals surface area contributed by atoms with E-state index in [0.29, 0.717) is 24.4 Å². The molecule has 7 nitrogen and oxygen atoms in total. The molecular formula is C22H26IN7. The van der Waals surface area contributed by atoms with E-state index in [-0.39, 0.29) is 0 Å². The van der Waals surface area contributed by atoms with Gasteiger partial charge >= 0.3 is 0 Å². The number of halogens is 1. The number of benzene rings is 1. The predicted molar refractivity (Wildman–Crippen MR) is 133 cm³/mol. The van der Waals surface area contributed by atoms with Gasteiger partial charge in [0.25, 0.3) is 0 Å². The molecule has 0 amide bonds. The van der Waals surface area contributed by atoms with Crippen molar-refractivity contribution in [3.63, 3.8) is 0 Å². The zero-order valence-corrected chi connectivity index (χ0v) is 19.0. The summed E-state index contributed by atoms with van der Waals surface area (Å²) in [5.74, 6) is 1.55. The van der Waals surface area contributed by atoms with Gasteiger partial charge in [0.15, 0.2) is 0 Å². The van der Waals surface area contributed by atoms with E-state index in [4.69, 9.17) is 0 Å². The molecule has 1 aliphatic rings. The molecule has 3 rings (SSSR count). The van der Waals surface area contributed by atoms with Crippen molar-refractivity contribution in [3.8, 4) is 0 Å². The van der Waals surface area contributed by atoms with E-state index in [1.54, 1.807) is 12.3 Å². The van der Waals surface area contributed by atoms with Gasteiger partial charge in [0, 0.05) is 23.2 Å². The summed E-state index contributed by atoms with van der Waals surface area (Å²) in [6, 6.07) is 8.08. The quantitative estimate of drug-likeness (QED) is 0.220. The molecule has 1 aromatic carbocycles. The third-order valence-corrected chi connectivity index (χ3v) is 5.10. The van der Waals surface area contributed by atoms with Crippen molar-refractivity contribution in [1.29, 1.82) is 0 Å². The molecule has 1 fully saturated rings. The van der Waals surface area contributed by atoms with Gasteiger partial charge in [0.1, 0.15) is 0 Å². The maximum absolute atomic E-state index is 4.60. The Kier molecular flexibility index (Phi) is 8.37. The summed E-state index contributed by atoms with van der Waals surface area (Å²) < 4.78 is 1.15. The zero-order chi connectivity index (χ0) is 21.2. The molecule has 1 saturated heterocycles. The molecule has 2 N–H and O–H groups in total. The third kappa shape index (κ3) is 6.94. The van der Waals surface area contributed by atoms with Crippen LogP contribution in [0.1, 0.15) is 24.8 Å². The normalized spacial score (nSPS) is 14.2. The first-order chi connectivity index (χ1) is 14.6. The van der Waals surface area contributed by atoms with Crippen LogP contribution >= 0.6 is 22.6 Å². The smallest absolute Gasteiger partial charge is 0.250 e. The van der Waals surface area contributed by atoms with Gasteiger partial charge in [-0.2, -0.15) is 20.1 Å². The van der Waals surface area contributed by atoms with Crippen LogP contribution in [0.5, 0.6) is 0 Å².